The van der Waals surface area contributed by atoms with Gasteiger partial charge in [-0.3, -0.25) is 4.90 Å². The van der Waals surface area contributed by atoms with Gasteiger partial charge >= 0.3 is 0 Å². The van der Waals surface area contributed by atoms with Gasteiger partial charge in [0, 0.05) is 37.5 Å². The standard InChI is InChI=1S/C11H16N2O2S/c1-4-13(9-10-12-3-8-16-10)5-2-11(1)14-6-7-15-11/h3,8H,1-2,4-7,9H2. The van der Waals surface area contributed by atoms with Crippen molar-refractivity contribution < 1.29 is 9.47 Å². The van der Waals surface area contributed by atoms with Crippen molar-refractivity contribution in [2.75, 3.05) is 26.3 Å². The zero-order chi connectivity index (χ0) is 10.8. The molecule has 0 N–H and O–H groups in total. The summed E-state index contributed by atoms with van der Waals surface area (Å²) in [5, 5.41) is 3.23. The largest absolute Gasteiger partial charge is 0.347 e. The molecule has 4 nitrogen and oxygen atoms in total. The van der Waals surface area contributed by atoms with Crippen molar-refractivity contribution in [1.82, 2.24) is 9.88 Å². The number of likely N-dealkylation sites (tertiary alicyclic amines) is 1. The van der Waals surface area contributed by atoms with Crippen LogP contribution >= 0.6 is 11.3 Å². The molecule has 88 valence electrons. The monoisotopic (exact) mass is 240 g/mol. The average molecular weight is 240 g/mol. The highest BCUT2D eigenvalue weighted by Gasteiger charge is 2.39. The lowest BCUT2D eigenvalue weighted by Gasteiger charge is -2.37. The van der Waals surface area contributed by atoms with Crippen molar-refractivity contribution in [2.45, 2.75) is 25.2 Å². The number of piperidine rings is 1. The van der Waals surface area contributed by atoms with Crippen LogP contribution in [0.1, 0.15) is 17.8 Å². The van der Waals surface area contributed by atoms with Crippen LogP contribution in [0.5, 0.6) is 0 Å². The van der Waals surface area contributed by atoms with Gasteiger partial charge in [0.15, 0.2) is 5.79 Å². The minimum absolute atomic E-state index is 0.251. The first kappa shape index (κ1) is 10.7. The smallest absolute Gasteiger partial charge is 0.170 e. The second kappa shape index (κ2) is 4.41. The molecule has 0 bridgehead atoms. The van der Waals surface area contributed by atoms with E-state index in [-0.39, 0.29) is 5.79 Å². The summed E-state index contributed by atoms with van der Waals surface area (Å²) in [7, 11) is 0. The van der Waals surface area contributed by atoms with E-state index in [0.717, 1.165) is 45.7 Å². The Morgan fingerprint density at radius 3 is 2.69 bits per heavy atom. The summed E-state index contributed by atoms with van der Waals surface area (Å²) in [6.07, 6.45) is 3.84. The predicted molar refractivity (Wildman–Crippen MR) is 61.3 cm³/mol. The zero-order valence-corrected chi connectivity index (χ0v) is 10.0. The van der Waals surface area contributed by atoms with Crippen LogP contribution in [-0.4, -0.2) is 42.0 Å². The summed E-state index contributed by atoms with van der Waals surface area (Å²) >= 11 is 1.73. The van der Waals surface area contributed by atoms with E-state index in [0.29, 0.717) is 0 Å². The molecule has 0 unspecified atom stereocenters. The van der Waals surface area contributed by atoms with Crippen molar-refractivity contribution in [3.8, 4) is 0 Å². The Balaban J connectivity index is 1.54. The van der Waals surface area contributed by atoms with E-state index in [2.05, 4.69) is 9.88 Å². The molecule has 2 fully saturated rings. The Labute approximate surface area is 99.2 Å². The van der Waals surface area contributed by atoms with Crippen LogP contribution in [0.2, 0.25) is 0 Å². The van der Waals surface area contributed by atoms with E-state index in [1.165, 1.54) is 5.01 Å². The van der Waals surface area contributed by atoms with Crippen molar-refractivity contribution in [3.63, 3.8) is 0 Å². The maximum atomic E-state index is 5.70. The van der Waals surface area contributed by atoms with Gasteiger partial charge in [-0.1, -0.05) is 0 Å². The van der Waals surface area contributed by atoms with Gasteiger partial charge in [-0.25, -0.2) is 4.98 Å². The van der Waals surface area contributed by atoms with Gasteiger partial charge in [0.2, 0.25) is 0 Å². The molecule has 0 amide bonds. The molecule has 0 radical (unpaired) electrons. The summed E-state index contributed by atoms with van der Waals surface area (Å²) in [6.45, 7) is 4.56. The lowest BCUT2D eigenvalue weighted by Crippen LogP contribution is -2.44. The van der Waals surface area contributed by atoms with E-state index < -0.39 is 0 Å². The third-order valence-corrected chi connectivity index (χ3v) is 4.04. The highest BCUT2D eigenvalue weighted by Crippen LogP contribution is 2.31. The molecule has 16 heavy (non-hydrogen) atoms. The van der Waals surface area contributed by atoms with E-state index in [1.807, 2.05) is 11.6 Å². The molecular formula is C11H16N2O2S. The predicted octanol–water partition coefficient (Wildman–Crippen LogP) is 1.48. The normalized spacial score (nSPS) is 25.2. The molecule has 0 aliphatic carbocycles. The fourth-order valence-corrected chi connectivity index (χ4v) is 3.02. The average Bonchev–Trinajstić information content (AvgIpc) is 2.94. The minimum Gasteiger partial charge on any atom is -0.347 e. The van der Waals surface area contributed by atoms with Crippen LogP contribution in [0.3, 0.4) is 0 Å². The van der Waals surface area contributed by atoms with Crippen molar-refractivity contribution in [2.24, 2.45) is 0 Å². The van der Waals surface area contributed by atoms with Gasteiger partial charge in [-0.15, -0.1) is 11.3 Å². The lowest BCUT2D eigenvalue weighted by atomic mass is 10.0. The molecule has 3 heterocycles. The number of ether oxygens (including phenoxy) is 2. The van der Waals surface area contributed by atoms with E-state index >= 15 is 0 Å². The molecule has 5 heteroatoms. The molecule has 2 aliphatic rings. The summed E-state index contributed by atoms with van der Waals surface area (Å²) in [4.78, 5) is 6.74. The van der Waals surface area contributed by atoms with Crippen molar-refractivity contribution in [3.05, 3.63) is 16.6 Å². The molecule has 0 aromatic carbocycles. The Bertz CT molecular complexity index is 326. The number of thiazole rings is 1. The van der Waals surface area contributed by atoms with E-state index in [4.69, 9.17) is 9.47 Å². The topological polar surface area (TPSA) is 34.6 Å². The lowest BCUT2D eigenvalue weighted by molar-refractivity contribution is -0.185. The van der Waals surface area contributed by atoms with Gasteiger partial charge in [0.1, 0.15) is 5.01 Å². The quantitative estimate of drug-likeness (QED) is 0.784. The Morgan fingerprint density at radius 1 is 1.31 bits per heavy atom. The molecule has 1 aromatic heterocycles. The maximum absolute atomic E-state index is 5.70. The SMILES string of the molecule is c1csc(CN2CCC3(CC2)OCCO3)n1. The van der Waals surface area contributed by atoms with Crippen LogP contribution < -0.4 is 0 Å². The van der Waals surface area contributed by atoms with Crippen LogP contribution in [0, 0.1) is 0 Å². The van der Waals surface area contributed by atoms with Crippen LogP contribution in [0.25, 0.3) is 0 Å². The first-order chi connectivity index (χ1) is 7.86. The highest BCUT2D eigenvalue weighted by molar-refractivity contribution is 7.09. The Morgan fingerprint density at radius 2 is 2.06 bits per heavy atom. The first-order valence-electron chi connectivity index (χ1n) is 5.75. The number of hydrogen-bond acceptors (Lipinski definition) is 5. The number of nitrogens with zero attached hydrogens (tertiary/aromatic N) is 2. The summed E-state index contributed by atoms with van der Waals surface area (Å²) in [6, 6.07) is 0. The molecule has 2 saturated heterocycles. The summed E-state index contributed by atoms with van der Waals surface area (Å²) in [5.41, 5.74) is 0. The van der Waals surface area contributed by atoms with E-state index in [1.54, 1.807) is 11.3 Å². The Hall–Kier alpha value is -0.490. The molecule has 1 aromatic rings. The third-order valence-electron chi connectivity index (χ3n) is 3.27. The maximum Gasteiger partial charge on any atom is 0.170 e. The van der Waals surface area contributed by atoms with Gasteiger partial charge in [-0.05, 0) is 0 Å². The highest BCUT2D eigenvalue weighted by atomic mass is 32.1. The first-order valence-corrected chi connectivity index (χ1v) is 6.63. The van der Waals surface area contributed by atoms with Crippen LogP contribution in [0.4, 0.5) is 0 Å². The number of aromatic nitrogens is 1. The van der Waals surface area contributed by atoms with E-state index in [9.17, 15) is 0 Å². The second-order valence-electron chi connectivity index (χ2n) is 4.31. The van der Waals surface area contributed by atoms with Crippen molar-refractivity contribution >= 4 is 11.3 Å². The van der Waals surface area contributed by atoms with Gasteiger partial charge in [-0.2, -0.15) is 0 Å². The second-order valence-corrected chi connectivity index (χ2v) is 5.29. The molecule has 1 spiro atoms. The molecule has 3 rings (SSSR count). The minimum atomic E-state index is -0.251. The van der Waals surface area contributed by atoms with Gasteiger partial charge < -0.3 is 9.47 Å². The molecule has 0 saturated carbocycles. The summed E-state index contributed by atoms with van der Waals surface area (Å²) < 4.78 is 11.4. The fourth-order valence-electron chi connectivity index (χ4n) is 2.36. The zero-order valence-electron chi connectivity index (χ0n) is 9.22. The molecular weight excluding hydrogens is 224 g/mol. The van der Waals surface area contributed by atoms with Crippen LogP contribution in [-0.2, 0) is 16.0 Å². The number of hydrogen-bond donors (Lipinski definition) is 0. The van der Waals surface area contributed by atoms with Gasteiger partial charge in [0.05, 0.1) is 19.8 Å². The molecule has 0 atom stereocenters. The number of rotatable bonds is 2. The van der Waals surface area contributed by atoms with Crippen LogP contribution in [0.15, 0.2) is 11.6 Å². The molecule has 2 aliphatic heterocycles. The summed E-state index contributed by atoms with van der Waals surface area (Å²) in [5.74, 6) is -0.251. The van der Waals surface area contributed by atoms with Gasteiger partial charge in [0.25, 0.3) is 0 Å². The fraction of sp³-hybridized carbons (Fsp3) is 0.727. The van der Waals surface area contributed by atoms with Crippen molar-refractivity contribution in [1.29, 1.82) is 0 Å². The Kier molecular flexibility index (Phi) is 2.93. The third kappa shape index (κ3) is 2.13.